The van der Waals surface area contributed by atoms with Gasteiger partial charge in [0.05, 0.1) is 23.3 Å². The third-order valence-electron chi connectivity index (χ3n) is 5.05. The topological polar surface area (TPSA) is 85.6 Å². The third-order valence-corrected chi connectivity index (χ3v) is 5.54. The van der Waals surface area contributed by atoms with Crippen LogP contribution in [0.3, 0.4) is 0 Å². The van der Waals surface area contributed by atoms with Crippen LogP contribution in [0.1, 0.15) is 16.2 Å². The van der Waals surface area contributed by atoms with E-state index in [1.165, 1.54) is 0 Å². The van der Waals surface area contributed by atoms with E-state index in [1.54, 1.807) is 24.8 Å². The molecule has 0 radical (unpaired) electrons. The molecule has 8 heteroatoms. The summed E-state index contributed by atoms with van der Waals surface area (Å²) in [7, 11) is 0. The lowest BCUT2D eigenvalue weighted by atomic mass is 10.0. The molecule has 5 rings (SSSR count). The standard InChI is InChI=1S/C24H17BrN6O/c25-17-6-7-21-19(12-17)20(13-22(29-21)16-8-10-26-11-9-16)24(32)27-14-23-30-28-15-31(23)18-4-2-1-3-5-18/h1-13,15H,14H2,(H,27,32). The lowest BCUT2D eigenvalue weighted by molar-refractivity contribution is 0.0951. The number of para-hydroxylation sites is 1. The number of carbonyl (C=O) groups excluding carboxylic acids is 1. The molecule has 0 aliphatic heterocycles. The molecular formula is C24H17BrN6O. The van der Waals surface area contributed by atoms with Crippen molar-refractivity contribution in [1.82, 2.24) is 30.0 Å². The summed E-state index contributed by atoms with van der Waals surface area (Å²) in [6.45, 7) is 0.232. The van der Waals surface area contributed by atoms with E-state index in [9.17, 15) is 4.79 Å². The predicted molar refractivity (Wildman–Crippen MR) is 125 cm³/mol. The molecule has 1 amide bonds. The molecule has 0 atom stereocenters. The fourth-order valence-electron chi connectivity index (χ4n) is 3.49. The van der Waals surface area contributed by atoms with E-state index in [2.05, 4.69) is 36.4 Å². The maximum Gasteiger partial charge on any atom is 0.252 e. The van der Waals surface area contributed by atoms with Crippen molar-refractivity contribution >= 4 is 32.7 Å². The van der Waals surface area contributed by atoms with Gasteiger partial charge in [0.2, 0.25) is 0 Å². The molecule has 3 heterocycles. The average molecular weight is 485 g/mol. The van der Waals surface area contributed by atoms with Gasteiger partial charge in [-0.25, -0.2) is 4.98 Å². The number of nitrogens with zero attached hydrogens (tertiary/aromatic N) is 5. The Kier molecular flexibility index (Phi) is 5.43. The molecule has 0 fully saturated rings. The van der Waals surface area contributed by atoms with E-state index in [-0.39, 0.29) is 12.5 Å². The number of nitrogens with one attached hydrogen (secondary N) is 1. The summed E-state index contributed by atoms with van der Waals surface area (Å²) in [5.74, 6) is 0.423. The van der Waals surface area contributed by atoms with E-state index in [1.807, 2.05) is 65.2 Å². The number of aromatic nitrogens is 5. The molecule has 0 saturated carbocycles. The summed E-state index contributed by atoms with van der Waals surface area (Å²) in [4.78, 5) is 22.1. The van der Waals surface area contributed by atoms with Gasteiger partial charge < -0.3 is 5.32 Å². The Morgan fingerprint density at radius 3 is 2.62 bits per heavy atom. The summed E-state index contributed by atoms with van der Waals surface area (Å²) in [5.41, 5.74) is 3.80. The van der Waals surface area contributed by atoms with Crippen molar-refractivity contribution < 1.29 is 4.79 Å². The zero-order valence-electron chi connectivity index (χ0n) is 16.8. The lowest BCUT2D eigenvalue weighted by Crippen LogP contribution is -2.25. The fraction of sp³-hybridized carbons (Fsp3) is 0.0417. The Hall–Kier alpha value is -3.91. The van der Waals surface area contributed by atoms with Crippen molar-refractivity contribution in [3.63, 3.8) is 0 Å². The number of benzene rings is 2. The second-order valence-corrected chi connectivity index (χ2v) is 8.00. The van der Waals surface area contributed by atoms with Crippen LogP contribution in [0.5, 0.6) is 0 Å². The molecule has 3 aromatic heterocycles. The van der Waals surface area contributed by atoms with E-state index in [0.29, 0.717) is 17.1 Å². The number of rotatable bonds is 5. The maximum absolute atomic E-state index is 13.3. The first kappa shape index (κ1) is 20.0. The van der Waals surface area contributed by atoms with Crippen LogP contribution >= 0.6 is 15.9 Å². The Labute approximate surface area is 192 Å². The minimum atomic E-state index is -0.214. The van der Waals surface area contributed by atoms with Crippen LogP contribution < -0.4 is 5.32 Å². The normalized spacial score (nSPS) is 10.9. The number of fused-ring (bicyclic) bond motifs is 1. The Balaban J connectivity index is 1.49. The summed E-state index contributed by atoms with van der Waals surface area (Å²) >= 11 is 3.50. The van der Waals surface area contributed by atoms with Crippen LogP contribution in [0.2, 0.25) is 0 Å². The smallest absolute Gasteiger partial charge is 0.252 e. The zero-order chi connectivity index (χ0) is 21.9. The van der Waals surface area contributed by atoms with Crippen molar-refractivity contribution in [2.24, 2.45) is 0 Å². The molecule has 0 unspecified atom stereocenters. The molecule has 0 aliphatic rings. The molecule has 0 spiro atoms. The minimum Gasteiger partial charge on any atom is -0.345 e. The Morgan fingerprint density at radius 1 is 1.00 bits per heavy atom. The van der Waals surface area contributed by atoms with E-state index in [0.717, 1.165) is 26.6 Å². The molecule has 1 N–H and O–H groups in total. The van der Waals surface area contributed by atoms with Crippen LogP contribution in [0.4, 0.5) is 0 Å². The third kappa shape index (κ3) is 4.00. The van der Waals surface area contributed by atoms with Gasteiger partial charge in [0.15, 0.2) is 5.82 Å². The highest BCUT2D eigenvalue weighted by atomic mass is 79.9. The van der Waals surface area contributed by atoms with Crippen LogP contribution in [-0.2, 0) is 6.54 Å². The second kappa shape index (κ2) is 8.68. The number of pyridine rings is 2. The molecule has 2 aromatic carbocycles. The van der Waals surface area contributed by atoms with Crippen LogP contribution in [-0.4, -0.2) is 30.6 Å². The van der Waals surface area contributed by atoms with Gasteiger partial charge in [-0.15, -0.1) is 10.2 Å². The molecule has 156 valence electrons. The predicted octanol–water partition coefficient (Wildman–Crippen LogP) is 4.57. The van der Waals surface area contributed by atoms with Crippen LogP contribution in [0.25, 0.3) is 27.8 Å². The van der Waals surface area contributed by atoms with Gasteiger partial charge in [0.1, 0.15) is 6.33 Å². The van der Waals surface area contributed by atoms with Gasteiger partial charge in [0, 0.05) is 33.5 Å². The Morgan fingerprint density at radius 2 is 1.81 bits per heavy atom. The van der Waals surface area contributed by atoms with E-state index in [4.69, 9.17) is 4.98 Å². The van der Waals surface area contributed by atoms with E-state index >= 15 is 0 Å². The number of hydrogen-bond acceptors (Lipinski definition) is 5. The van der Waals surface area contributed by atoms with Crippen LogP contribution in [0.15, 0.2) is 89.9 Å². The van der Waals surface area contributed by atoms with Gasteiger partial charge in [-0.2, -0.15) is 0 Å². The van der Waals surface area contributed by atoms with Crippen molar-refractivity contribution in [3.05, 3.63) is 101 Å². The van der Waals surface area contributed by atoms with Gasteiger partial charge in [-0.05, 0) is 48.5 Å². The molecule has 0 saturated heterocycles. The lowest BCUT2D eigenvalue weighted by Gasteiger charge is -2.11. The van der Waals surface area contributed by atoms with E-state index < -0.39 is 0 Å². The van der Waals surface area contributed by atoms with Crippen molar-refractivity contribution in [2.45, 2.75) is 6.54 Å². The van der Waals surface area contributed by atoms with Crippen LogP contribution in [0, 0.1) is 0 Å². The highest BCUT2D eigenvalue weighted by Gasteiger charge is 2.16. The first-order valence-corrected chi connectivity index (χ1v) is 10.7. The maximum atomic E-state index is 13.3. The minimum absolute atomic E-state index is 0.214. The molecule has 7 nitrogen and oxygen atoms in total. The molecular weight excluding hydrogens is 468 g/mol. The molecule has 0 bridgehead atoms. The fourth-order valence-corrected chi connectivity index (χ4v) is 3.86. The molecule has 5 aromatic rings. The Bertz CT molecular complexity index is 1400. The largest absolute Gasteiger partial charge is 0.345 e. The summed E-state index contributed by atoms with van der Waals surface area (Å²) in [5, 5.41) is 11.9. The summed E-state index contributed by atoms with van der Waals surface area (Å²) in [6, 6.07) is 21.0. The molecule has 0 aliphatic carbocycles. The first-order chi connectivity index (χ1) is 15.7. The SMILES string of the molecule is O=C(NCc1nncn1-c1ccccc1)c1cc(-c2ccncc2)nc2ccc(Br)cc12. The van der Waals surface area contributed by atoms with Crippen molar-refractivity contribution in [3.8, 4) is 16.9 Å². The zero-order valence-corrected chi connectivity index (χ0v) is 18.4. The van der Waals surface area contributed by atoms with Crippen molar-refractivity contribution in [2.75, 3.05) is 0 Å². The number of carbonyl (C=O) groups is 1. The first-order valence-electron chi connectivity index (χ1n) is 9.92. The van der Waals surface area contributed by atoms with Gasteiger partial charge in [-0.1, -0.05) is 34.1 Å². The average Bonchev–Trinajstić information content (AvgIpc) is 3.32. The number of amides is 1. The van der Waals surface area contributed by atoms with Gasteiger partial charge in [0.25, 0.3) is 5.91 Å². The second-order valence-electron chi connectivity index (χ2n) is 7.09. The monoisotopic (exact) mass is 484 g/mol. The summed E-state index contributed by atoms with van der Waals surface area (Å²) < 4.78 is 2.73. The number of hydrogen-bond donors (Lipinski definition) is 1. The number of halogens is 1. The highest BCUT2D eigenvalue weighted by Crippen LogP contribution is 2.27. The quantitative estimate of drug-likeness (QED) is 0.394. The van der Waals surface area contributed by atoms with Gasteiger partial charge in [-0.3, -0.25) is 14.3 Å². The highest BCUT2D eigenvalue weighted by molar-refractivity contribution is 9.10. The van der Waals surface area contributed by atoms with Gasteiger partial charge >= 0.3 is 0 Å². The van der Waals surface area contributed by atoms with Crippen molar-refractivity contribution in [1.29, 1.82) is 0 Å². The molecule has 32 heavy (non-hydrogen) atoms. The summed E-state index contributed by atoms with van der Waals surface area (Å²) in [6.07, 6.45) is 5.05.